The van der Waals surface area contributed by atoms with Crippen LogP contribution in [-0.2, 0) is 6.42 Å². The van der Waals surface area contributed by atoms with Gasteiger partial charge in [-0.25, -0.2) is 4.39 Å². The Hall–Kier alpha value is -1.83. The van der Waals surface area contributed by atoms with E-state index in [1.54, 1.807) is 18.2 Å². The molecule has 2 aromatic carbocycles. The first-order chi connectivity index (χ1) is 8.11. The molecule has 2 aromatic rings. The average molecular weight is 232 g/mol. The lowest BCUT2D eigenvalue weighted by Crippen LogP contribution is -1.75. The second kappa shape index (κ2) is 6.69. The lowest BCUT2D eigenvalue weighted by Gasteiger charge is -1.93. The molecule has 17 heavy (non-hydrogen) atoms. The first-order valence-electron chi connectivity index (χ1n) is 5.62. The molecule has 0 bridgehead atoms. The predicted molar refractivity (Wildman–Crippen MR) is 68.6 cm³/mol. The maximum absolute atomic E-state index is 12.2. The van der Waals surface area contributed by atoms with Crippen molar-refractivity contribution in [2.24, 2.45) is 0 Å². The molecule has 0 aliphatic carbocycles. The van der Waals surface area contributed by atoms with Crippen LogP contribution >= 0.6 is 0 Å². The lowest BCUT2D eigenvalue weighted by atomic mass is 10.2. The Labute approximate surface area is 102 Å². The fourth-order valence-electron chi connectivity index (χ4n) is 1.34. The minimum Gasteiger partial charge on any atom is -0.508 e. The maximum Gasteiger partial charge on any atom is 0.123 e. The zero-order valence-corrected chi connectivity index (χ0v) is 10.2. The number of benzene rings is 2. The van der Waals surface area contributed by atoms with E-state index in [9.17, 15) is 4.39 Å². The van der Waals surface area contributed by atoms with Crippen molar-refractivity contribution < 1.29 is 9.50 Å². The molecule has 0 radical (unpaired) electrons. The number of phenols is 1. The summed E-state index contributed by atoms with van der Waals surface area (Å²) in [5.41, 5.74) is 2.22. The monoisotopic (exact) mass is 232 g/mol. The summed E-state index contributed by atoms with van der Waals surface area (Å²) < 4.78 is 12.2. The summed E-state index contributed by atoms with van der Waals surface area (Å²) in [5, 5.41) is 8.85. The van der Waals surface area contributed by atoms with Crippen molar-refractivity contribution in [1.29, 1.82) is 0 Å². The van der Waals surface area contributed by atoms with E-state index in [-0.39, 0.29) is 5.82 Å². The largest absolute Gasteiger partial charge is 0.508 e. The summed E-state index contributed by atoms with van der Waals surface area (Å²) in [5.74, 6) is 0.178. The molecule has 2 rings (SSSR count). The van der Waals surface area contributed by atoms with Crippen molar-refractivity contribution in [2.45, 2.75) is 20.3 Å². The van der Waals surface area contributed by atoms with Gasteiger partial charge in [-0.1, -0.05) is 31.2 Å². The summed E-state index contributed by atoms with van der Waals surface area (Å²) >= 11 is 0. The fourth-order valence-corrected chi connectivity index (χ4v) is 1.34. The minimum atomic E-state index is -0.162. The van der Waals surface area contributed by atoms with E-state index in [1.807, 2.05) is 25.1 Å². The van der Waals surface area contributed by atoms with Gasteiger partial charge in [0.15, 0.2) is 0 Å². The number of phenolic OH excluding ortho intramolecular Hbond substituents is 1. The van der Waals surface area contributed by atoms with E-state index >= 15 is 0 Å². The van der Waals surface area contributed by atoms with Gasteiger partial charge in [0.2, 0.25) is 0 Å². The number of hydrogen-bond acceptors (Lipinski definition) is 1. The third-order valence-electron chi connectivity index (χ3n) is 2.32. The third-order valence-corrected chi connectivity index (χ3v) is 2.32. The molecular weight excluding hydrogens is 215 g/mol. The Bertz CT molecular complexity index is 431. The van der Waals surface area contributed by atoms with Crippen LogP contribution < -0.4 is 0 Å². The highest BCUT2D eigenvalue weighted by Crippen LogP contribution is 2.09. The van der Waals surface area contributed by atoms with Crippen LogP contribution in [0.4, 0.5) is 4.39 Å². The van der Waals surface area contributed by atoms with Crippen LogP contribution in [0.25, 0.3) is 0 Å². The molecule has 2 heteroatoms. The molecule has 0 fully saturated rings. The maximum atomic E-state index is 12.2. The fraction of sp³-hybridized carbons (Fsp3) is 0.200. The van der Waals surface area contributed by atoms with Crippen LogP contribution in [0.3, 0.4) is 0 Å². The molecular formula is C15H17FO. The minimum absolute atomic E-state index is 0.162. The molecule has 0 atom stereocenters. The SMILES string of the molecule is CCc1ccc(O)cc1.Cc1cccc(F)c1. The first kappa shape index (κ1) is 13.2. The Kier molecular flexibility index (Phi) is 5.21. The Morgan fingerprint density at radius 1 is 1.06 bits per heavy atom. The van der Waals surface area contributed by atoms with E-state index in [1.165, 1.54) is 17.7 Å². The van der Waals surface area contributed by atoms with Gasteiger partial charge in [0, 0.05) is 0 Å². The number of halogens is 1. The highest BCUT2D eigenvalue weighted by atomic mass is 19.1. The summed E-state index contributed by atoms with van der Waals surface area (Å²) in [6.07, 6.45) is 1.03. The van der Waals surface area contributed by atoms with Gasteiger partial charge in [0.25, 0.3) is 0 Å². The van der Waals surface area contributed by atoms with E-state index in [0.717, 1.165) is 12.0 Å². The molecule has 0 saturated heterocycles. The highest BCUT2D eigenvalue weighted by molar-refractivity contribution is 5.25. The molecule has 0 spiro atoms. The van der Waals surface area contributed by atoms with Gasteiger partial charge in [-0.2, -0.15) is 0 Å². The summed E-state index contributed by atoms with van der Waals surface area (Å²) in [6, 6.07) is 13.8. The average Bonchev–Trinajstić information content (AvgIpc) is 2.30. The van der Waals surface area contributed by atoms with Crippen LogP contribution in [-0.4, -0.2) is 5.11 Å². The number of rotatable bonds is 1. The van der Waals surface area contributed by atoms with E-state index in [2.05, 4.69) is 6.92 Å². The van der Waals surface area contributed by atoms with Crippen LogP contribution in [0.15, 0.2) is 48.5 Å². The molecule has 0 aliphatic heterocycles. The normalized spacial score (nSPS) is 9.35. The second-order valence-corrected chi connectivity index (χ2v) is 3.82. The number of aromatic hydroxyl groups is 1. The topological polar surface area (TPSA) is 20.2 Å². The molecule has 0 amide bonds. The summed E-state index contributed by atoms with van der Waals surface area (Å²) in [4.78, 5) is 0. The molecule has 90 valence electrons. The summed E-state index contributed by atoms with van der Waals surface area (Å²) in [6.45, 7) is 3.95. The van der Waals surface area contributed by atoms with Crippen LogP contribution in [0.5, 0.6) is 5.75 Å². The van der Waals surface area contributed by atoms with E-state index in [4.69, 9.17) is 5.11 Å². The van der Waals surface area contributed by atoms with Gasteiger partial charge in [-0.3, -0.25) is 0 Å². The van der Waals surface area contributed by atoms with Gasteiger partial charge in [0.1, 0.15) is 11.6 Å². The molecule has 1 nitrogen and oxygen atoms in total. The van der Waals surface area contributed by atoms with Gasteiger partial charge in [0.05, 0.1) is 0 Å². The van der Waals surface area contributed by atoms with Crippen molar-refractivity contribution in [3.63, 3.8) is 0 Å². The highest BCUT2D eigenvalue weighted by Gasteiger charge is 1.86. The molecule has 1 N–H and O–H groups in total. The first-order valence-corrected chi connectivity index (χ1v) is 5.62. The Balaban J connectivity index is 0.000000171. The van der Waals surface area contributed by atoms with Crippen LogP contribution in [0.2, 0.25) is 0 Å². The second-order valence-electron chi connectivity index (χ2n) is 3.82. The van der Waals surface area contributed by atoms with Gasteiger partial charge >= 0.3 is 0 Å². The molecule has 0 aromatic heterocycles. The lowest BCUT2D eigenvalue weighted by molar-refractivity contribution is 0.475. The summed E-state index contributed by atoms with van der Waals surface area (Å²) in [7, 11) is 0. The van der Waals surface area contributed by atoms with E-state index in [0.29, 0.717) is 5.75 Å². The van der Waals surface area contributed by atoms with Gasteiger partial charge < -0.3 is 5.11 Å². The molecule has 0 aliphatic rings. The van der Waals surface area contributed by atoms with Crippen molar-refractivity contribution in [3.05, 3.63) is 65.5 Å². The number of hydrogen-bond donors (Lipinski definition) is 1. The molecule has 0 unspecified atom stereocenters. The standard InChI is InChI=1S/C8H10O.C7H7F/c1-2-7-3-5-8(9)6-4-7;1-6-3-2-4-7(8)5-6/h3-6,9H,2H2,1H3;2-5H,1H3. The van der Waals surface area contributed by atoms with Crippen molar-refractivity contribution >= 4 is 0 Å². The van der Waals surface area contributed by atoms with Crippen molar-refractivity contribution in [3.8, 4) is 5.75 Å². The Morgan fingerprint density at radius 2 is 1.71 bits per heavy atom. The van der Waals surface area contributed by atoms with Crippen LogP contribution in [0.1, 0.15) is 18.1 Å². The van der Waals surface area contributed by atoms with E-state index < -0.39 is 0 Å². The van der Waals surface area contributed by atoms with Crippen molar-refractivity contribution in [1.82, 2.24) is 0 Å². The zero-order chi connectivity index (χ0) is 12.7. The van der Waals surface area contributed by atoms with Gasteiger partial charge in [-0.15, -0.1) is 0 Å². The van der Waals surface area contributed by atoms with Gasteiger partial charge in [-0.05, 0) is 48.7 Å². The van der Waals surface area contributed by atoms with Crippen LogP contribution in [0, 0.1) is 12.7 Å². The smallest absolute Gasteiger partial charge is 0.123 e. The van der Waals surface area contributed by atoms with Crippen molar-refractivity contribution in [2.75, 3.05) is 0 Å². The number of aryl methyl sites for hydroxylation is 2. The molecule has 0 saturated carbocycles. The molecule has 0 heterocycles. The third kappa shape index (κ3) is 5.16. The zero-order valence-electron chi connectivity index (χ0n) is 10.2. The quantitative estimate of drug-likeness (QED) is 0.785. The predicted octanol–water partition coefficient (Wildman–Crippen LogP) is 4.09. The Morgan fingerprint density at radius 3 is 2.12 bits per heavy atom.